The SMILES string of the molecule is Cn1ccnc1C1CNCCN1C(=O)c1ccn(-c2cccc(Cl)c2)n1. The molecule has 134 valence electrons. The number of hydrogen-bond acceptors (Lipinski definition) is 4. The first kappa shape index (κ1) is 16.8. The second-order valence-corrected chi connectivity index (χ2v) is 6.68. The standard InChI is InChI=1S/C18H19ClN6O/c1-23-9-7-21-17(23)16-12-20-6-10-24(16)18(26)15-5-8-25(22-15)14-4-2-3-13(19)11-14/h2-5,7-9,11,16,20H,6,10,12H2,1H3. The Hall–Kier alpha value is -2.64. The first-order chi connectivity index (χ1) is 12.6. The van der Waals surface area contributed by atoms with E-state index in [1.54, 1.807) is 29.2 Å². The normalized spacial score (nSPS) is 17.5. The summed E-state index contributed by atoms with van der Waals surface area (Å²) in [5, 5.41) is 8.42. The summed E-state index contributed by atoms with van der Waals surface area (Å²) in [5.74, 6) is 0.764. The van der Waals surface area contributed by atoms with Crippen LogP contribution >= 0.6 is 11.6 Å². The first-order valence-corrected chi connectivity index (χ1v) is 8.82. The zero-order valence-electron chi connectivity index (χ0n) is 14.3. The Morgan fingerprint density at radius 2 is 2.19 bits per heavy atom. The highest BCUT2D eigenvalue weighted by atomic mass is 35.5. The van der Waals surface area contributed by atoms with Gasteiger partial charge in [0, 0.05) is 50.3 Å². The van der Waals surface area contributed by atoms with Gasteiger partial charge in [-0.05, 0) is 24.3 Å². The van der Waals surface area contributed by atoms with Crippen LogP contribution in [0.25, 0.3) is 5.69 Å². The van der Waals surface area contributed by atoms with Gasteiger partial charge in [-0.1, -0.05) is 17.7 Å². The van der Waals surface area contributed by atoms with Gasteiger partial charge in [-0.3, -0.25) is 4.79 Å². The molecule has 1 aliphatic heterocycles. The third-order valence-electron chi connectivity index (χ3n) is 4.54. The molecule has 1 N–H and O–H groups in total. The van der Waals surface area contributed by atoms with Crippen molar-refractivity contribution in [3.05, 3.63) is 65.5 Å². The second-order valence-electron chi connectivity index (χ2n) is 6.24. The summed E-state index contributed by atoms with van der Waals surface area (Å²) < 4.78 is 3.61. The molecule has 1 fully saturated rings. The monoisotopic (exact) mass is 370 g/mol. The minimum Gasteiger partial charge on any atom is -0.336 e. The first-order valence-electron chi connectivity index (χ1n) is 8.44. The molecule has 7 nitrogen and oxygen atoms in total. The minimum atomic E-state index is -0.118. The number of carbonyl (C=O) groups excluding carboxylic acids is 1. The number of amides is 1. The Balaban J connectivity index is 1.61. The van der Waals surface area contributed by atoms with Crippen LogP contribution in [-0.4, -0.2) is 49.8 Å². The Labute approximate surface area is 156 Å². The second kappa shape index (κ2) is 6.93. The van der Waals surface area contributed by atoms with E-state index in [1.807, 2.05) is 40.9 Å². The highest BCUT2D eigenvalue weighted by Gasteiger charge is 2.32. The lowest BCUT2D eigenvalue weighted by Crippen LogP contribution is -2.49. The zero-order chi connectivity index (χ0) is 18.1. The molecule has 1 aromatic carbocycles. The van der Waals surface area contributed by atoms with E-state index in [9.17, 15) is 4.79 Å². The van der Waals surface area contributed by atoms with Crippen LogP contribution in [0.15, 0.2) is 48.9 Å². The molecule has 3 aromatic rings. The van der Waals surface area contributed by atoms with Crippen molar-refractivity contribution in [3.8, 4) is 5.69 Å². The Morgan fingerprint density at radius 3 is 2.96 bits per heavy atom. The molecule has 1 unspecified atom stereocenters. The average Bonchev–Trinajstić information content (AvgIpc) is 3.30. The molecular formula is C18H19ClN6O. The number of halogens is 1. The van der Waals surface area contributed by atoms with Crippen molar-refractivity contribution < 1.29 is 4.79 Å². The number of benzene rings is 1. The fourth-order valence-electron chi connectivity index (χ4n) is 3.22. The lowest BCUT2D eigenvalue weighted by atomic mass is 10.1. The summed E-state index contributed by atoms with van der Waals surface area (Å²) >= 11 is 6.04. The largest absolute Gasteiger partial charge is 0.336 e. The van der Waals surface area contributed by atoms with E-state index in [1.165, 1.54) is 0 Å². The molecule has 0 aliphatic carbocycles. The Morgan fingerprint density at radius 1 is 1.31 bits per heavy atom. The van der Waals surface area contributed by atoms with E-state index >= 15 is 0 Å². The van der Waals surface area contributed by atoms with Crippen LogP contribution in [0.4, 0.5) is 0 Å². The van der Waals surface area contributed by atoms with Crippen molar-refractivity contribution in [3.63, 3.8) is 0 Å². The predicted octanol–water partition coefficient (Wildman–Crippen LogP) is 2.05. The molecule has 4 rings (SSSR count). The number of hydrogen-bond donors (Lipinski definition) is 1. The molecule has 26 heavy (non-hydrogen) atoms. The summed E-state index contributed by atoms with van der Waals surface area (Å²) in [7, 11) is 1.94. The van der Waals surface area contributed by atoms with Crippen molar-refractivity contribution in [2.45, 2.75) is 6.04 Å². The molecule has 1 aliphatic rings. The Bertz CT molecular complexity index is 933. The van der Waals surface area contributed by atoms with Crippen LogP contribution < -0.4 is 5.32 Å². The maximum absolute atomic E-state index is 13.1. The third kappa shape index (κ3) is 3.11. The average molecular weight is 371 g/mol. The van der Waals surface area contributed by atoms with Crippen molar-refractivity contribution in [2.24, 2.45) is 7.05 Å². The summed E-state index contributed by atoms with van der Waals surface area (Å²) in [6.45, 7) is 2.04. The van der Waals surface area contributed by atoms with Crippen molar-refractivity contribution >= 4 is 17.5 Å². The highest BCUT2D eigenvalue weighted by molar-refractivity contribution is 6.30. The fourth-order valence-corrected chi connectivity index (χ4v) is 3.41. The number of aryl methyl sites for hydroxylation is 1. The fraction of sp³-hybridized carbons (Fsp3) is 0.278. The van der Waals surface area contributed by atoms with Crippen LogP contribution in [0, 0.1) is 0 Å². The van der Waals surface area contributed by atoms with Crippen LogP contribution in [0.5, 0.6) is 0 Å². The van der Waals surface area contributed by atoms with Gasteiger partial charge in [0.05, 0.1) is 5.69 Å². The quantitative estimate of drug-likeness (QED) is 0.766. The maximum Gasteiger partial charge on any atom is 0.275 e. The number of aromatic nitrogens is 4. The van der Waals surface area contributed by atoms with Crippen LogP contribution in [-0.2, 0) is 7.05 Å². The van der Waals surface area contributed by atoms with Gasteiger partial charge in [0.1, 0.15) is 11.9 Å². The van der Waals surface area contributed by atoms with Gasteiger partial charge in [0.15, 0.2) is 5.69 Å². The topological polar surface area (TPSA) is 68.0 Å². The molecule has 0 spiro atoms. The number of rotatable bonds is 3. The van der Waals surface area contributed by atoms with E-state index in [0.717, 1.165) is 18.1 Å². The van der Waals surface area contributed by atoms with Gasteiger partial charge in [-0.25, -0.2) is 9.67 Å². The molecule has 0 saturated carbocycles. The molecule has 8 heteroatoms. The summed E-state index contributed by atoms with van der Waals surface area (Å²) in [6, 6.07) is 8.99. The molecule has 1 amide bonds. The Kier molecular flexibility index (Phi) is 4.48. The number of nitrogens with one attached hydrogen (secondary N) is 1. The van der Waals surface area contributed by atoms with E-state index in [2.05, 4.69) is 15.4 Å². The molecule has 1 saturated heterocycles. The van der Waals surface area contributed by atoms with Crippen LogP contribution in [0.2, 0.25) is 5.02 Å². The van der Waals surface area contributed by atoms with E-state index in [4.69, 9.17) is 11.6 Å². The minimum absolute atomic E-state index is 0.0970. The highest BCUT2D eigenvalue weighted by Crippen LogP contribution is 2.23. The van der Waals surface area contributed by atoms with Gasteiger partial charge in [0.2, 0.25) is 0 Å². The van der Waals surface area contributed by atoms with Crippen LogP contribution in [0.3, 0.4) is 0 Å². The smallest absolute Gasteiger partial charge is 0.275 e. The number of imidazole rings is 1. The number of carbonyl (C=O) groups is 1. The van der Waals surface area contributed by atoms with Crippen LogP contribution in [0.1, 0.15) is 22.4 Å². The van der Waals surface area contributed by atoms with Crippen molar-refractivity contribution in [1.82, 2.24) is 29.5 Å². The van der Waals surface area contributed by atoms with Gasteiger partial charge in [-0.15, -0.1) is 0 Å². The third-order valence-corrected chi connectivity index (χ3v) is 4.78. The predicted molar refractivity (Wildman–Crippen MR) is 98.4 cm³/mol. The van der Waals surface area contributed by atoms with E-state index in [-0.39, 0.29) is 11.9 Å². The number of nitrogens with zero attached hydrogens (tertiary/aromatic N) is 5. The zero-order valence-corrected chi connectivity index (χ0v) is 15.1. The molecule has 2 aromatic heterocycles. The van der Waals surface area contributed by atoms with Crippen molar-refractivity contribution in [2.75, 3.05) is 19.6 Å². The maximum atomic E-state index is 13.1. The van der Waals surface area contributed by atoms with Gasteiger partial charge in [0.25, 0.3) is 5.91 Å². The molecular weight excluding hydrogens is 352 g/mol. The lowest BCUT2D eigenvalue weighted by molar-refractivity contribution is 0.0614. The van der Waals surface area contributed by atoms with Crippen molar-refractivity contribution in [1.29, 1.82) is 0 Å². The van der Waals surface area contributed by atoms with E-state index < -0.39 is 0 Å². The van der Waals surface area contributed by atoms with Gasteiger partial charge >= 0.3 is 0 Å². The summed E-state index contributed by atoms with van der Waals surface area (Å²) in [6.07, 6.45) is 5.41. The molecule has 1 atom stereocenters. The summed E-state index contributed by atoms with van der Waals surface area (Å²) in [4.78, 5) is 19.3. The molecule has 0 radical (unpaired) electrons. The lowest BCUT2D eigenvalue weighted by Gasteiger charge is -2.35. The number of piperazine rings is 1. The molecule has 3 heterocycles. The summed E-state index contributed by atoms with van der Waals surface area (Å²) in [5.41, 5.74) is 1.23. The van der Waals surface area contributed by atoms with Gasteiger partial charge < -0.3 is 14.8 Å². The molecule has 0 bridgehead atoms. The van der Waals surface area contributed by atoms with Gasteiger partial charge in [-0.2, -0.15) is 5.10 Å². The van der Waals surface area contributed by atoms with E-state index in [0.29, 0.717) is 23.8 Å².